The number of aromatic nitrogens is 1. The molecule has 0 aliphatic carbocycles. The van der Waals surface area contributed by atoms with E-state index in [9.17, 15) is 19.2 Å². The summed E-state index contributed by atoms with van der Waals surface area (Å²) in [6, 6.07) is 18.8. The Labute approximate surface area is 254 Å². The van der Waals surface area contributed by atoms with Crippen molar-refractivity contribution in [2.45, 2.75) is 33.2 Å². The fourth-order valence-electron chi connectivity index (χ4n) is 5.49. The van der Waals surface area contributed by atoms with Crippen LogP contribution in [0.15, 0.2) is 64.3 Å². The summed E-state index contributed by atoms with van der Waals surface area (Å²) in [7, 11) is 0. The fourth-order valence-corrected chi connectivity index (χ4v) is 6.78. The molecule has 10 heteroatoms. The number of carbonyl (C=O) groups excluding carboxylic acids is 1. The Morgan fingerprint density at radius 1 is 1.00 bits per heavy atom. The zero-order valence-corrected chi connectivity index (χ0v) is 25.3. The summed E-state index contributed by atoms with van der Waals surface area (Å²) in [4.78, 5) is 33.3. The van der Waals surface area contributed by atoms with Crippen LogP contribution < -0.4 is 15.4 Å². The summed E-state index contributed by atoms with van der Waals surface area (Å²) >= 11 is 6.84. The van der Waals surface area contributed by atoms with Crippen LogP contribution in [0.25, 0.3) is 6.08 Å². The zero-order valence-electron chi connectivity index (χ0n) is 23.7. The standard InChI is InChI=1S/C32H32FN5O2S2/c1-3-14-37-29(36-18-16-35(17-19-36)27-12-8-7-11-26(27)33)24(22(2)25(21-34)30(37)39)20-28-31(40)38(32(41)42-28)15-13-23-9-5-4-6-10-23/h4-12,20H,3,13-19H2,1-2H3. The Morgan fingerprint density at radius 2 is 1.67 bits per heavy atom. The average Bonchev–Trinajstić information content (AvgIpc) is 3.27. The molecule has 0 radical (unpaired) electrons. The molecule has 2 aliphatic rings. The Morgan fingerprint density at radius 3 is 2.33 bits per heavy atom. The molecule has 0 atom stereocenters. The number of pyridine rings is 1. The molecule has 2 aliphatic heterocycles. The minimum absolute atomic E-state index is 0.0722. The van der Waals surface area contributed by atoms with E-state index in [2.05, 4.69) is 11.0 Å². The number of para-hydroxylation sites is 1. The van der Waals surface area contributed by atoms with Crippen molar-refractivity contribution in [2.24, 2.45) is 0 Å². The number of thiocarbonyl (C=S) groups is 1. The number of nitrogens with zero attached hydrogens (tertiary/aromatic N) is 5. The van der Waals surface area contributed by atoms with E-state index in [0.717, 1.165) is 5.56 Å². The molecule has 216 valence electrons. The lowest BCUT2D eigenvalue weighted by Crippen LogP contribution is -2.49. The zero-order chi connectivity index (χ0) is 29.8. The van der Waals surface area contributed by atoms with Gasteiger partial charge >= 0.3 is 0 Å². The van der Waals surface area contributed by atoms with E-state index in [1.807, 2.05) is 48.2 Å². The summed E-state index contributed by atoms with van der Waals surface area (Å²) < 4.78 is 16.7. The van der Waals surface area contributed by atoms with E-state index < -0.39 is 0 Å². The van der Waals surface area contributed by atoms with Gasteiger partial charge in [-0.1, -0.05) is 73.4 Å². The highest BCUT2D eigenvalue weighted by Gasteiger charge is 2.33. The van der Waals surface area contributed by atoms with Crippen molar-refractivity contribution < 1.29 is 9.18 Å². The van der Waals surface area contributed by atoms with Gasteiger partial charge in [0.25, 0.3) is 11.5 Å². The Balaban J connectivity index is 1.50. The van der Waals surface area contributed by atoms with E-state index in [4.69, 9.17) is 12.2 Å². The lowest BCUT2D eigenvalue weighted by atomic mass is 10.0. The summed E-state index contributed by atoms with van der Waals surface area (Å²) in [6.45, 7) is 6.84. The second kappa shape index (κ2) is 12.9. The number of anilines is 2. The van der Waals surface area contributed by atoms with Gasteiger partial charge in [0, 0.05) is 44.8 Å². The van der Waals surface area contributed by atoms with Crippen LogP contribution in [0, 0.1) is 24.1 Å². The van der Waals surface area contributed by atoms with Crippen LogP contribution >= 0.6 is 24.0 Å². The van der Waals surface area contributed by atoms with Crippen molar-refractivity contribution in [3.63, 3.8) is 0 Å². The number of carbonyl (C=O) groups is 1. The molecule has 1 aromatic heterocycles. The first kappa shape index (κ1) is 29.5. The van der Waals surface area contributed by atoms with Crippen molar-refractivity contribution >= 4 is 51.8 Å². The number of halogens is 1. The second-order valence-electron chi connectivity index (χ2n) is 10.3. The monoisotopic (exact) mass is 601 g/mol. The van der Waals surface area contributed by atoms with E-state index in [1.165, 1.54) is 17.8 Å². The highest BCUT2D eigenvalue weighted by molar-refractivity contribution is 8.26. The van der Waals surface area contributed by atoms with Gasteiger partial charge in [-0.25, -0.2) is 4.39 Å². The molecular weight excluding hydrogens is 570 g/mol. The Kier molecular flexibility index (Phi) is 9.09. The number of rotatable bonds is 8. The number of piperazine rings is 1. The molecule has 0 bridgehead atoms. The molecule has 42 heavy (non-hydrogen) atoms. The molecule has 3 heterocycles. The van der Waals surface area contributed by atoms with E-state index >= 15 is 0 Å². The minimum atomic E-state index is -0.337. The van der Waals surface area contributed by atoms with Crippen molar-refractivity contribution in [1.82, 2.24) is 9.47 Å². The smallest absolute Gasteiger partial charge is 0.270 e. The lowest BCUT2D eigenvalue weighted by molar-refractivity contribution is -0.122. The number of hydrogen-bond acceptors (Lipinski definition) is 7. The van der Waals surface area contributed by atoms with Crippen LogP contribution in [0.5, 0.6) is 0 Å². The quantitative estimate of drug-likeness (QED) is 0.255. The summed E-state index contributed by atoms with van der Waals surface area (Å²) in [6.07, 6.45) is 3.16. The summed E-state index contributed by atoms with van der Waals surface area (Å²) in [5.41, 5.74) is 2.62. The predicted molar refractivity (Wildman–Crippen MR) is 171 cm³/mol. The first-order chi connectivity index (χ1) is 20.3. The van der Waals surface area contributed by atoms with Gasteiger partial charge < -0.3 is 9.80 Å². The molecule has 2 saturated heterocycles. The number of nitriles is 1. The topological polar surface area (TPSA) is 72.6 Å². The summed E-state index contributed by atoms with van der Waals surface area (Å²) in [5, 5.41) is 9.94. The third kappa shape index (κ3) is 5.85. The van der Waals surface area contributed by atoms with Crippen molar-refractivity contribution in [3.05, 3.63) is 97.9 Å². The second-order valence-corrected chi connectivity index (χ2v) is 12.0. The first-order valence-electron chi connectivity index (χ1n) is 14.0. The molecule has 7 nitrogen and oxygen atoms in total. The van der Waals surface area contributed by atoms with E-state index in [-0.39, 0.29) is 22.8 Å². The SMILES string of the molecule is CCCn1c(N2CCN(c3ccccc3F)CC2)c(C=C2SC(=S)N(CCc3ccccc3)C2=O)c(C)c(C#N)c1=O. The number of hydrogen-bond donors (Lipinski definition) is 0. The fraction of sp³-hybridized carbons (Fsp3) is 0.312. The Bertz CT molecular complexity index is 1640. The van der Waals surface area contributed by atoms with E-state index in [0.29, 0.717) is 84.0 Å². The Hall–Kier alpha value is -3.94. The maximum atomic E-state index is 14.5. The van der Waals surface area contributed by atoms with Gasteiger partial charge in [-0.05, 0) is 49.1 Å². The van der Waals surface area contributed by atoms with Gasteiger partial charge in [-0.2, -0.15) is 5.26 Å². The van der Waals surface area contributed by atoms with Crippen LogP contribution in [0.2, 0.25) is 0 Å². The molecule has 5 rings (SSSR count). The molecule has 2 aromatic carbocycles. The maximum Gasteiger partial charge on any atom is 0.270 e. The molecule has 0 spiro atoms. The van der Waals surface area contributed by atoms with Crippen molar-refractivity contribution in [2.75, 3.05) is 42.5 Å². The molecule has 0 saturated carbocycles. The normalized spacial score (nSPS) is 16.4. The van der Waals surface area contributed by atoms with Crippen LogP contribution in [-0.4, -0.2) is 52.4 Å². The van der Waals surface area contributed by atoms with Crippen molar-refractivity contribution in [3.8, 4) is 6.07 Å². The first-order valence-corrected chi connectivity index (χ1v) is 15.3. The van der Waals surface area contributed by atoms with E-state index in [1.54, 1.807) is 34.6 Å². The summed E-state index contributed by atoms with van der Waals surface area (Å²) in [5.74, 6) is 0.238. The third-order valence-electron chi connectivity index (χ3n) is 7.68. The van der Waals surface area contributed by atoms with Gasteiger partial charge in [-0.3, -0.25) is 19.1 Å². The largest absolute Gasteiger partial charge is 0.366 e. The van der Waals surface area contributed by atoms with Gasteiger partial charge in [-0.15, -0.1) is 0 Å². The van der Waals surface area contributed by atoms with Gasteiger partial charge in [0.15, 0.2) is 0 Å². The van der Waals surface area contributed by atoms with Crippen LogP contribution in [0.1, 0.15) is 35.6 Å². The third-order valence-corrected chi connectivity index (χ3v) is 9.06. The molecule has 0 N–H and O–H groups in total. The highest BCUT2D eigenvalue weighted by atomic mass is 32.2. The number of thioether (sulfide) groups is 1. The van der Waals surface area contributed by atoms with Crippen molar-refractivity contribution in [1.29, 1.82) is 5.26 Å². The van der Waals surface area contributed by atoms with Gasteiger partial charge in [0.05, 0.1) is 10.6 Å². The van der Waals surface area contributed by atoms with Gasteiger partial charge in [0.2, 0.25) is 0 Å². The number of benzene rings is 2. The maximum absolute atomic E-state index is 14.5. The predicted octanol–water partition coefficient (Wildman–Crippen LogP) is 5.35. The lowest BCUT2D eigenvalue weighted by Gasteiger charge is -2.39. The molecular formula is C32H32FN5O2S2. The van der Waals surface area contributed by atoms with Gasteiger partial charge in [0.1, 0.15) is 27.6 Å². The van der Waals surface area contributed by atoms with Crippen LogP contribution in [0.4, 0.5) is 15.9 Å². The number of amides is 1. The molecule has 2 fully saturated rings. The minimum Gasteiger partial charge on any atom is -0.366 e. The highest BCUT2D eigenvalue weighted by Crippen LogP contribution is 2.36. The van der Waals surface area contributed by atoms with Crippen LogP contribution in [0.3, 0.4) is 0 Å². The van der Waals surface area contributed by atoms with Crippen LogP contribution in [-0.2, 0) is 17.8 Å². The molecule has 1 amide bonds. The molecule has 0 unspecified atom stereocenters. The average molecular weight is 602 g/mol. The molecule has 3 aromatic rings.